The fraction of sp³-hybridized carbons (Fsp3) is 0.705. The molecule has 1 spiro atoms. The summed E-state index contributed by atoms with van der Waals surface area (Å²) in [4.78, 5) is 78.5. The third kappa shape index (κ3) is 10.7. The van der Waals surface area contributed by atoms with Crippen LogP contribution in [0.5, 0.6) is 0 Å². The van der Waals surface area contributed by atoms with E-state index in [1.807, 2.05) is 0 Å². The Morgan fingerprint density at radius 3 is 2.61 bits per heavy atom. The van der Waals surface area contributed by atoms with Crippen LogP contribution < -0.4 is 16.1 Å². The molecule has 2 aromatic heterocycles. The van der Waals surface area contributed by atoms with Crippen molar-refractivity contribution in [1.29, 1.82) is 0 Å². The van der Waals surface area contributed by atoms with E-state index in [0.29, 0.717) is 43.8 Å². The number of aryl methyl sites for hydroxylation is 1. The molecule has 10 heterocycles. The van der Waals surface area contributed by atoms with Gasteiger partial charge in [0.15, 0.2) is 0 Å². The van der Waals surface area contributed by atoms with E-state index in [0.717, 1.165) is 156 Å². The van der Waals surface area contributed by atoms with Crippen molar-refractivity contribution in [2.24, 2.45) is 27.7 Å². The maximum absolute atomic E-state index is 15.2. The van der Waals surface area contributed by atoms with Gasteiger partial charge in [0.05, 0.1) is 54.1 Å². The number of thiazole rings is 1. The first-order chi connectivity index (χ1) is 38.8. The predicted molar refractivity (Wildman–Crippen MR) is 308 cm³/mol. The Morgan fingerprint density at radius 1 is 0.975 bits per heavy atom. The van der Waals surface area contributed by atoms with Crippen molar-refractivity contribution in [2.75, 3.05) is 85.8 Å². The molecule has 80 heavy (non-hydrogen) atoms. The van der Waals surface area contributed by atoms with Gasteiger partial charge in [0, 0.05) is 135 Å². The number of rotatable bonds is 11. The number of carbonyl (C=O) groups excluding carboxylic acids is 4. The zero-order chi connectivity index (χ0) is 55.0. The van der Waals surface area contributed by atoms with Gasteiger partial charge in [-0.1, -0.05) is 32.8 Å². The lowest BCUT2D eigenvalue weighted by Gasteiger charge is -2.46. The number of cyclic esters (lactones) is 1. The molecule has 2 saturated carbocycles. The number of hydrogen-bond acceptors (Lipinski definition) is 15. The van der Waals surface area contributed by atoms with E-state index >= 15 is 9.59 Å². The molecular formula is C61H85N11O7S. The number of benzene rings is 1. The Bertz CT molecular complexity index is 2930. The van der Waals surface area contributed by atoms with Gasteiger partial charge in [-0.05, 0) is 114 Å². The Labute approximate surface area is 475 Å². The molecule has 8 aliphatic heterocycles. The Hall–Kier alpha value is -4.60. The van der Waals surface area contributed by atoms with E-state index in [2.05, 4.69) is 97.7 Å². The highest BCUT2D eigenvalue weighted by Gasteiger charge is 2.55. The van der Waals surface area contributed by atoms with Crippen LogP contribution in [0.25, 0.3) is 27.7 Å². The minimum Gasteiger partial charge on any atom is -0.464 e. The summed E-state index contributed by atoms with van der Waals surface area (Å²) >= 11 is 1.51. The monoisotopic (exact) mass is 1120 g/mol. The number of aromatic nitrogens is 2. The molecule has 2 aliphatic carbocycles. The lowest BCUT2D eigenvalue weighted by atomic mass is 9.83. The molecule has 1 unspecified atom stereocenters. The van der Waals surface area contributed by atoms with Crippen LogP contribution in [-0.4, -0.2) is 198 Å². The van der Waals surface area contributed by atoms with E-state index in [1.165, 1.54) is 35.3 Å². The number of likely N-dealkylation sites (tertiary alicyclic amines) is 2. The highest BCUT2D eigenvalue weighted by molar-refractivity contribution is 7.10. The van der Waals surface area contributed by atoms with Gasteiger partial charge in [-0.15, -0.1) is 11.3 Å². The standard InChI is InChI=1S/C61H85N11O7S/c1-6-71-49-16-15-40-26-43(49)45(55(71)44-27-41(30-62-51(44)37(2)77-5)68-23-22-67-24-25-78-32-42(67)31-68)29-60(3,4)36-79-59(76)46-12-9-19-72(66-46)57(74)47(28-50-63-48(40)33-80-50)64-56(73)54(39-10-7-8-11-39)69-20-17-61(34-69)18-21-70(35-61)58(75)53-52(65-53)38-13-14-38/h15-16,26,30,33,37-39,41-42,46-47,52-54,65-66H,6-14,17-25,27-29,31-32,34-36H2,1-5H3,(H,64,73)/t37-,41?,42-,46-,47-,52+,53+,54-,61-/m0/s1. The highest BCUT2D eigenvalue weighted by Crippen LogP contribution is 2.46. The van der Waals surface area contributed by atoms with Crippen molar-refractivity contribution in [3.05, 3.63) is 45.5 Å². The summed E-state index contributed by atoms with van der Waals surface area (Å²) in [5.41, 5.74) is 10.1. The Kier molecular flexibility index (Phi) is 15.2. The van der Waals surface area contributed by atoms with E-state index in [9.17, 15) is 9.59 Å². The maximum Gasteiger partial charge on any atom is 0.324 e. The van der Waals surface area contributed by atoms with Gasteiger partial charge in [0.25, 0.3) is 5.91 Å². The summed E-state index contributed by atoms with van der Waals surface area (Å²) in [6.07, 6.45) is 13.1. The van der Waals surface area contributed by atoms with Crippen molar-refractivity contribution >= 4 is 57.7 Å². The lowest BCUT2D eigenvalue weighted by Crippen LogP contribution is -2.62. The minimum atomic E-state index is -0.929. The largest absolute Gasteiger partial charge is 0.464 e. The SMILES string of the molecule is CCn1c(C2=C([C@H](C)OC)N=CC(N3CCN4CCOC[C@@H]4C3)C2)c2c3cc(ccc31)-c1csc(n1)C[C@H](NC(=O)[C@H](C1CCCC1)N1CC[C@]3(CCN(C(=O)[C@@H]4N[C@@H]4C4CC4)C3)C1)C(=O)N1CCC[C@H](N1)C(=O)OCC(C)(C)C2. The summed E-state index contributed by atoms with van der Waals surface area (Å²) in [5.74, 6) is 0.293. The Balaban J connectivity index is 0.815. The number of piperazine rings is 1. The second-order valence-electron chi connectivity index (χ2n) is 26.2. The van der Waals surface area contributed by atoms with Gasteiger partial charge in [-0.3, -0.25) is 49.2 Å². The van der Waals surface area contributed by atoms with Crippen LogP contribution in [0.15, 0.2) is 34.3 Å². The normalized spacial score (nSPS) is 31.7. The molecule has 3 amide bonds. The predicted octanol–water partition coefficient (Wildman–Crippen LogP) is 5.27. The fourth-order valence-corrected chi connectivity index (χ4v) is 16.3. The number of methoxy groups -OCH3 is 1. The third-order valence-corrected chi connectivity index (χ3v) is 21.0. The molecule has 6 bridgehead atoms. The van der Waals surface area contributed by atoms with Gasteiger partial charge in [-0.25, -0.2) is 10.4 Å². The van der Waals surface area contributed by atoms with E-state index in [-0.39, 0.29) is 66.2 Å². The van der Waals surface area contributed by atoms with Gasteiger partial charge >= 0.3 is 5.97 Å². The molecule has 9 atom stereocenters. The molecular weight excluding hydrogens is 1030 g/mol. The molecule has 18 nitrogen and oxygen atoms in total. The second-order valence-corrected chi connectivity index (χ2v) is 27.2. The third-order valence-electron chi connectivity index (χ3n) is 20.1. The average molecular weight is 1120 g/mol. The van der Waals surface area contributed by atoms with Gasteiger partial charge in [-0.2, -0.15) is 0 Å². The first kappa shape index (κ1) is 54.6. The number of esters is 1. The number of ether oxygens (including phenoxy) is 3. The summed E-state index contributed by atoms with van der Waals surface area (Å²) in [7, 11) is 1.76. The number of hydrazine groups is 1. The average Bonchev–Trinajstić information content (AvgIpc) is 4.34. The quantitative estimate of drug-likeness (QED) is 0.167. The molecule has 10 aliphatic rings. The number of amides is 3. The summed E-state index contributed by atoms with van der Waals surface area (Å²) in [5, 5.41) is 12.4. The molecule has 8 fully saturated rings. The first-order valence-electron chi connectivity index (χ1n) is 30.6. The molecule has 432 valence electrons. The molecule has 13 rings (SSSR count). The number of nitrogens with zero attached hydrogens (tertiary/aromatic N) is 8. The van der Waals surface area contributed by atoms with Crippen LogP contribution in [0.1, 0.15) is 115 Å². The van der Waals surface area contributed by atoms with Crippen molar-refractivity contribution in [3.63, 3.8) is 0 Å². The Morgan fingerprint density at radius 2 is 1.80 bits per heavy atom. The molecule has 0 radical (unpaired) electrons. The van der Waals surface area contributed by atoms with Gasteiger partial charge in [0.2, 0.25) is 11.8 Å². The van der Waals surface area contributed by atoms with Crippen LogP contribution in [0.4, 0.5) is 0 Å². The molecule has 3 N–H and O–H groups in total. The minimum absolute atomic E-state index is 0.0277. The summed E-state index contributed by atoms with van der Waals surface area (Å²) < 4.78 is 20.8. The molecule has 1 aromatic carbocycles. The number of hydrogen-bond donors (Lipinski definition) is 3. The van der Waals surface area contributed by atoms with Crippen molar-refractivity contribution < 1.29 is 33.4 Å². The highest BCUT2D eigenvalue weighted by atomic mass is 32.1. The van der Waals surface area contributed by atoms with Crippen LogP contribution >= 0.6 is 11.3 Å². The molecule has 3 aromatic rings. The zero-order valence-corrected chi connectivity index (χ0v) is 48.7. The zero-order valence-electron chi connectivity index (χ0n) is 47.9. The van der Waals surface area contributed by atoms with Gasteiger partial charge < -0.3 is 29.0 Å². The number of carbonyl (C=O) groups is 4. The number of fused-ring (bicyclic) bond motifs is 7. The molecule has 6 saturated heterocycles. The second kappa shape index (κ2) is 22.2. The number of aliphatic imine (C=N–C) groups is 1. The van der Waals surface area contributed by atoms with Crippen LogP contribution in [0.3, 0.4) is 0 Å². The van der Waals surface area contributed by atoms with E-state index in [1.54, 1.807) is 12.1 Å². The fourth-order valence-electron chi connectivity index (χ4n) is 15.4. The molecule has 19 heteroatoms. The lowest BCUT2D eigenvalue weighted by molar-refractivity contribution is -0.155. The van der Waals surface area contributed by atoms with Crippen LogP contribution in [-0.2, 0) is 52.8 Å². The maximum atomic E-state index is 15.2. The summed E-state index contributed by atoms with van der Waals surface area (Å²) in [6.45, 7) is 18.4. The van der Waals surface area contributed by atoms with E-state index < -0.39 is 23.5 Å². The smallest absolute Gasteiger partial charge is 0.324 e. The topological polar surface area (TPSA) is 188 Å². The number of morpholine rings is 1. The van der Waals surface area contributed by atoms with Crippen molar-refractivity contribution in [3.8, 4) is 11.3 Å². The van der Waals surface area contributed by atoms with Crippen molar-refractivity contribution in [1.82, 2.24) is 50.2 Å². The van der Waals surface area contributed by atoms with Crippen molar-refractivity contribution in [2.45, 2.75) is 166 Å². The summed E-state index contributed by atoms with van der Waals surface area (Å²) in [6, 6.07) is 5.42. The van der Waals surface area contributed by atoms with Crippen LogP contribution in [0.2, 0.25) is 0 Å². The first-order valence-corrected chi connectivity index (χ1v) is 31.4. The number of nitrogens with one attached hydrogen (secondary N) is 3. The van der Waals surface area contributed by atoms with Gasteiger partial charge in [0.1, 0.15) is 18.1 Å². The van der Waals surface area contributed by atoms with Crippen LogP contribution in [0, 0.1) is 22.7 Å². The van der Waals surface area contributed by atoms with E-state index in [4.69, 9.17) is 24.2 Å².